The van der Waals surface area contributed by atoms with E-state index in [1.807, 2.05) is 45.9 Å². The Morgan fingerprint density at radius 3 is 2.36 bits per heavy atom. The molecule has 0 aliphatic heterocycles. The maximum Gasteiger partial charge on any atom is 0.263 e. The molecule has 0 saturated carbocycles. The van der Waals surface area contributed by atoms with Gasteiger partial charge in [-0.25, -0.2) is 8.42 Å². The normalized spacial score (nSPS) is 11.2. The van der Waals surface area contributed by atoms with Crippen LogP contribution in [-0.4, -0.2) is 27.5 Å². The number of carbonyl (C=O) groups is 1. The van der Waals surface area contributed by atoms with E-state index in [9.17, 15) is 13.2 Å². The van der Waals surface area contributed by atoms with E-state index in [4.69, 9.17) is 16.3 Å². The molecule has 8 heteroatoms. The average Bonchev–Trinajstić information content (AvgIpc) is 2.74. The first-order chi connectivity index (χ1) is 15.6. The van der Waals surface area contributed by atoms with Gasteiger partial charge in [-0.05, 0) is 86.3 Å². The molecule has 3 rings (SSSR count). The van der Waals surface area contributed by atoms with Gasteiger partial charge in [-0.2, -0.15) is 0 Å². The van der Waals surface area contributed by atoms with Gasteiger partial charge in [-0.15, -0.1) is 0 Å². The van der Waals surface area contributed by atoms with Gasteiger partial charge in [0.15, 0.2) is 0 Å². The molecular weight excluding hydrogens is 460 g/mol. The minimum absolute atomic E-state index is 0.0301. The highest BCUT2D eigenvalue weighted by molar-refractivity contribution is 7.92. The van der Waals surface area contributed by atoms with Crippen molar-refractivity contribution in [2.75, 3.05) is 17.9 Å². The molecule has 3 aromatic rings. The van der Waals surface area contributed by atoms with Gasteiger partial charge in [0.25, 0.3) is 15.9 Å². The second kappa shape index (κ2) is 10.3. The van der Waals surface area contributed by atoms with E-state index in [0.717, 1.165) is 28.0 Å². The number of nitrogens with one attached hydrogen (secondary N) is 2. The molecular formula is C25H27ClN2O4S. The van der Waals surface area contributed by atoms with Gasteiger partial charge >= 0.3 is 0 Å². The van der Waals surface area contributed by atoms with E-state index in [1.165, 1.54) is 18.2 Å². The number of rotatable bonds is 8. The van der Waals surface area contributed by atoms with Crippen LogP contribution in [0.5, 0.6) is 5.75 Å². The Hall–Kier alpha value is -3.03. The molecule has 3 aromatic carbocycles. The summed E-state index contributed by atoms with van der Waals surface area (Å²) in [5.41, 5.74) is 4.61. The summed E-state index contributed by atoms with van der Waals surface area (Å²) in [6, 6.07) is 15.4. The van der Waals surface area contributed by atoms with Crippen LogP contribution >= 0.6 is 11.6 Å². The number of aryl methyl sites for hydroxylation is 3. The highest BCUT2D eigenvalue weighted by atomic mass is 35.5. The SMILES string of the molecule is Cc1cc(C)cc(OCCNC(=O)c2ccc(Cl)c(S(=O)(=O)Nc3cccc(C)c3C)c2)c1. The molecule has 0 aliphatic carbocycles. The van der Waals surface area contributed by atoms with Crippen molar-refractivity contribution in [3.05, 3.63) is 87.4 Å². The van der Waals surface area contributed by atoms with Gasteiger partial charge in [0.1, 0.15) is 17.3 Å². The number of benzene rings is 3. The Morgan fingerprint density at radius 1 is 0.970 bits per heavy atom. The fourth-order valence-corrected chi connectivity index (χ4v) is 5.01. The monoisotopic (exact) mass is 486 g/mol. The maximum absolute atomic E-state index is 13.0. The quantitative estimate of drug-likeness (QED) is 0.429. The Bertz CT molecular complexity index is 1270. The summed E-state index contributed by atoms with van der Waals surface area (Å²) in [6.45, 7) is 8.25. The van der Waals surface area contributed by atoms with E-state index in [1.54, 1.807) is 12.1 Å². The van der Waals surface area contributed by atoms with Gasteiger partial charge in [-0.1, -0.05) is 29.8 Å². The minimum Gasteiger partial charge on any atom is -0.492 e. The first kappa shape index (κ1) is 24.6. The molecule has 0 atom stereocenters. The summed E-state index contributed by atoms with van der Waals surface area (Å²) in [6.07, 6.45) is 0. The third-order valence-electron chi connectivity index (χ3n) is 5.18. The molecule has 0 saturated heterocycles. The van der Waals surface area contributed by atoms with Crippen LogP contribution < -0.4 is 14.8 Å². The summed E-state index contributed by atoms with van der Waals surface area (Å²) < 4.78 is 34.2. The molecule has 0 bridgehead atoms. The standard InChI is InChI=1S/C25H27ClN2O4S/c1-16-12-17(2)14-21(13-16)32-11-10-27-25(29)20-8-9-22(26)24(15-20)33(30,31)28-23-7-5-6-18(3)19(23)4/h5-9,12-15,28H,10-11H2,1-4H3,(H,27,29). The molecule has 6 nitrogen and oxygen atoms in total. The molecule has 33 heavy (non-hydrogen) atoms. The van der Waals surface area contributed by atoms with E-state index >= 15 is 0 Å². The second-order valence-corrected chi connectivity index (χ2v) is 9.98. The lowest BCUT2D eigenvalue weighted by molar-refractivity contribution is 0.0946. The van der Waals surface area contributed by atoms with Gasteiger partial charge in [0, 0.05) is 5.56 Å². The third kappa shape index (κ3) is 6.27. The molecule has 0 radical (unpaired) electrons. The van der Waals surface area contributed by atoms with Crippen LogP contribution in [0.15, 0.2) is 59.5 Å². The molecule has 0 spiro atoms. The molecule has 2 N–H and O–H groups in total. The number of anilines is 1. The second-order valence-electron chi connectivity index (χ2n) is 7.93. The number of sulfonamides is 1. The summed E-state index contributed by atoms with van der Waals surface area (Å²) in [5, 5.41) is 2.77. The zero-order valence-electron chi connectivity index (χ0n) is 19.0. The van der Waals surface area contributed by atoms with E-state index in [2.05, 4.69) is 16.1 Å². The summed E-state index contributed by atoms with van der Waals surface area (Å²) >= 11 is 6.17. The van der Waals surface area contributed by atoms with Crippen molar-refractivity contribution in [2.24, 2.45) is 0 Å². The highest BCUT2D eigenvalue weighted by Crippen LogP contribution is 2.27. The van der Waals surface area contributed by atoms with E-state index in [0.29, 0.717) is 5.69 Å². The number of hydrogen-bond donors (Lipinski definition) is 2. The predicted octanol–water partition coefficient (Wildman–Crippen LogP) is 5.18. The number of halogens is 1. The van der Waals surface area contributed by atoms with Crippen molar-refractivity contribution in [3.8, 4) is 5.75 Å². The lowest BCUT2D eigenvalue weighted by Gasteiger charge is -2.14. The van der Waals surface area contributed by atoms with Crippen LogP contribution in [0, 0.1) is 27.7 Å². The molecule has 0 fully saturated rings. The molecule has 0 heterocycles. The Morgan fingerprint density at radius 2 is 1.67 bits per heavy atom. The van der Waals surface area contributed by atoms with Gasteiger partial charge in [0.2, 0.25) is 0 Å². The first-order valence-corrected chi connectivity index (χ1v) is 12.3. The van der Waals surface area contributed by atoms with Gasteiger partial charge < -0.3 is 10.1 Å². The summed E-state index contributed by atoms with van der Waals surface area (Å²) in [5.74, 6) is 0.318. The smallest absolute Gasteiger partial charge is 0.263 e. The van der Waals surface area contributed by atoms with Crippen LogP contribution in [0.4, 0.5) is 5.69 Å². The van der Waals surface area contributed by atoms with Crippen molar-refractivity contribution in [1.29, 1.82) is 0 Å². The van der Waals surface area contributed by atoms with Crippen molar-refractivity contribution >= 4 is 33.2 Å². The maximum atomic E-state index is 13.0. The minimum atomic E-state index is -4.00. The van der Waals surface area contributed by atoms with Crippen LogP contribution in [-0.2, 0) is 10.0 Å². The highest BCUT2D eigenvalue weighted by Gasteiger charge is 2.21. The zero-order valence-corrected chi connectivity index (χ0v) is 20.6. The van der Waals surface area contributed by atoms with Crippen LogP contribution in [0.1, 0.15) is 32.6 Å². The molecule has 1 amide bonds. The van der Waals surface area contributed by atoms with Crippen LogP contribution in [0.2, 0.25) is 5.02 Å². The topological polar surface area (TPSA) is 84.5 Å². The molecule has 174 valence electrons. The van der Waals surface area contributed by atoms with Crippen molar-refractivity contribution < 1.29 is 17.9 Å². The van der Waals surface area contributed by atoms with Crippen molar-refractivity contribution in [1.82, 2.24) is 5.32 Å². The van der Waals surface area contributed by atoms with Gasteiger partial charge in [-0.3, -0.25) is 9.52 Å². The number of hydrogen-bond acceptors (Lipinski definition) is 4. The first-order valence-electron chi connectivity index (χ1n) is 10.4. The fraction of sp³-hybridized carbons (Fsp3) is 0.240. The summed E-state index contributed by atoms with van der Waals surface area (Å²) in [4.78, 5) is 12.4. The number of amides is 1. The van der Waals surface area contributed by atoms with Crippen molar-refractivity contribution in [3.63, 3.8) is 0 Å². The molecule has 0 aromatic heterocycles. The molecule has 0 unspecified atom stereocenters. The largest absolute Gasteiger partial charge is 0.492 e. The van der Waals surface area contributed by atoms with Gasteiger partial charge in [0.05, 0.1) is 17.3 Å². The number of ether oxygens (including phenoxy) is 1. The fourth-order valence-electron chi connectivity index (χ4n) is 3.36. The Labute approximate surface area is 200 Å². The summed E-state index contributed by atoms with van der Waals surface area (Å²) in [7, 11) is -4.00. The molecule has 0 aliphatic rings. The Balaban J connectivity index is 1.68. The lowest BCUT2D eigenvalue weighted by Crippen LogP contribution is -2.28. The van der Waals surface area contributed by atoms with E-state index in [-0.39, 0.29) is 28.6 Å². The van der Waals surface area contributed by atoms with Crippen LogP contribution in [0.25, 0.3) is 0 Å². The van der Waals surface area contributed by atoms with Crippen LogP contribution in [0.3, 0.4) is 0 Å². The van der Waals surface area contributed by atoms with Crippen molar-refractivity contribution in [2.45, 2.75) is 32.6 Å². The Kier molecular flexibility index (Phi) is 7.66. The van der Waals surface area contributed by atoms with E-state index < -0.39 is 15.9 Å². The number of carbonyl (C=O) groups excluding carboxylic acids is 1. The average molecular weight is 487 g/mol. The third-order valence-corrected chi connectivity index (χ3v) is 7.03. The predicted molar refractivity (Wildman–Crippen MR) is 132 cm³/mol. The lowest BCUT2D eigenvalue weighted by atomic mass is 10.1. The zero-order chi connectivity index (χ0) is 24.2.